The Hall–Kier alpha value is -3.15. The SMILES string of the molecule is CCO[Si](OCC)(OCC)OCC.CO[Si](CCc1ccc(CC[Si](OC)(OC)OC)cc1)(OC)OC.CO[Si](OC)(OC)O[Si](OC)(OC)OC.Cc1cc(C)c(C(=O)P(=O)(C(=O)c2c(C)cc(C)cc2C)c2ccccc2)c(C)c1. The molecule has 4 aromatic rings. The predicted molar refractivity (Wildman–Crippen MR) is 328 cm³/mol. The number of aryl methyl sites for hydroxylation is 8. The monoisotopic (exact) mass is 1260 g/mol. The predicted octanol–water partition coefficient (Wildman–Crippen LogP) is 10.1. The second-order valence-corrected chi connectivity index (χ2v) is 34.2. The Labute approximate surface area is 495 Å². The second-order valence-electron chi connectivity index (χ2n) is 18.1. The van der Waals surface area contributed by atoms with E-state index in [0.29, 0.717) is 37.6 Å². The number of benzene rings is 4. The van der Waals surface area contributed by atoms with Crippen molar-refractivity contribution in [3.63, 3.8) is 0 Å². The summed E-state index contributed by atoms with van der Waals surface area (Å²) in [6.07, 6.45) is 1.71. The lowest BCUT2D eigenvalue weighted by Gasteiger charge is -2.30. The van der Waals surface area contributed by atoms with E-state index in [1.807, 2.05) is 93.5 Å². The minimum absolute atomic E-state index is 0.277. The van der Waals surface area contributed by atoms with Crippen molar-refractivity contribution in [3.8, 4) is 0 Å². The van der Waals surface area contributed by atoms with Gasteiger partial charge in [0.15, 0.2) is 0 Å². The van der Waals surface area contributed by atoms with Crippen molar-refractivity contribution in [2.24, 2.45) is 0 Å². The first-order chi connectivity index (χ1) is 38.9. The standard InChI is InChI=1S/C26H27O3P.C16H30O6Si2.C8H20O4Si.C6H18O7Si2/c1-16-12-18(3)23(19(4)13-16)25(27)30(29,22-10-8-7-9-11-22)26(28)24-20(5)14-17(2)15-21(24)6;1-17-23(18-2,19-3)13-11-15-7-9-16(10-8-15)12-14-24(20-4,21-5)22-6;1-5-9-13(10-6-2,11-7-3)12-8-4;1-7-14(8-2,9-3)13-15(10-4,11-5)12-6/h7-15H,1-6H3;7-10H,11-14H2,1-6H3;5-8H2,1-4H3;1-6H3. The average molecular weight is 1260 g/mol. The Bertz CT molecular complexity index is 2290. The van der Waals surface area contributed by atoms with Gasteiger partial charge in [-0.15, -0.1) is 0 Å². The summed E-state index contributed by atoms with van der Waals surface area (Å²) in [6.45, 7) is 21.0. The van der Waals surface area contributed by atoms with Crippen molar-refractivity contribution in [1.29, 1.82) is 0 Å². The molecule has 0 heterocycles. The highest BCUT2D eigenvalue weighted by molar-refractivity contribution is 8.01. The third-order valence-electron chi connectivity index (χ3n) is 12.8. The van der Waals surface area contributed by atoms with Gasteiger partial charge in [0, 0.05) is 140 Å². The van der Waals surface area contributed by atoms with Gasteiger partial charge < -0.3 is 79.5 Å². The van der Waals surface area contributed by atoms with E-state index in [4.69, 9.17) is 74.9 Å². The third-order valence-corrected chi connectivity index (χ3v) is 28.5. The van der Waals surface area contributed by atoms with Gasteiger partial charge in [-0.3, -0.25) is 9.59 Å². The Kier molecular flexibility index (Phi) is 35.7. The summed E-state index contributed by atoms with van der Waals surface area (Å²) in [5.74, 6) is 0. The third kappa shape index (κ3) is 21.7. The second kappa shape index (κ2) is 38.1. The minimum atomic E-state index is -4.11. The molecule has 0 aliphatic rings. The van der Waals surface area contributed by atoms with Crippen LogP contribution in [-0.4, -0.2) is 168 Å². The molecule has 464 valence electrons. The summed E-state index contributed by atoms with van der Waals surface area (Å²) in [7, 11) is -0.0635. The first-order valence-electron chi connectivity index (χ1n) is 26.8. The summed E-state index contributed by atoms with van der Waals surface area (Å²) < 4.78 is 105. The number of carbonyl (C=O) groups is 2. The van der Waals surface area contributed by atoms with Crippen LogP contribution in [-0.2, 0) is 92.3 Å². The van der Waals surface area contributed by atoms with Crippen LogP contribution in [0.15, 0.2) is 78.9 Å². The fourth-order valence-corrected chi connectivity index (χ4v) is 20.9. The summed E-state index contributed by atoms with van der Waals surface area (Å²) in [4.78, 5) is 27.7. The molecule has 20 nitrogen and oxygen atoms in total. The molecule has 4 rings (SSSR count). The molecule has 26 heteroatoms. The zero-order valence-electron chi connectivity index (χ0n) is 52.8. The van der Waals surface area contributed by atoms with E-state index in [2.05, 4.69) is 24.3 Å². The van der Waals surface area contributed by atoms with Gasteiger partial charge in [-0.25, -0.2) is 0 Å². The first-order valence-corrected chi connectivity index (χ1v) is 37.2. The molecule has 0 saturated carbocycles. The van der Waals surface area contributed by atoms with Gasteiger partial charge in [0.1, 0.15) is 0 Å². The molecule has 0 spiro atoms. The van der Waals surface area contributed by atoms with Gasteiger partial charge in [0.25, 0.3) is 0 Å². The molecular formula is C56H95O20PSi5. The summed E-state index contributed by atoms with van der Waals surface area (Å²) in [5, 5.41) is 0.277. The van der Waals surface area contributed by atoms with Crippen LogP contribution in [0.2, 0.25) is 12.1 Å². The molecule has 0 aromatic heterocycles. The molecule has 0 radical (unpaired) electrons. The number of hydrogen-bond acceptors (Lipinski definition) is 20. The fraction of sp³-hybridized carbons (Fsp3) is 0.536. The zero-order valence-corrected chi connectivity index (χ0v) is 58.7. The molecular weight excluding hydrogens is 1160 g/mol. The van der Waals surface area contributed by atoms with Crippen LogP contribution in [0.5, 0.6) is 0 Å². The average Bonchev–Trinajstić information content (AvgIpc) is 3.67. The maximum absolute atomic E-state index is 14.5. The van der Waals surface area contributed by atoms with Crippen LogP contribution in [0.4, 0.5) is 0 Å². The van der Waals surface area contributed by atoms with Crippen LogP contribution >= 0.6 is 7.14 Å². The Balaban J connectivity index is 0.000000579. The number of carbonyl (C=O) groups excluding carboxylic acids is 2. The van der Waals surface area contributed by atoms with Gasteiger partial charge in [0.2, 0.25) is 18.2 Å². The van der Waals surface area contributed by atoms with E-state index < -0.39 is 62.9 Å². The fourth-order valence-electron chi connectivity index (χ4n) is 8.75. The molecule has 0 N–H and O–H groups in total. The molecule has 0 amide bonds. The summed E-state index contributed by atoms with van der Waals surface area (Å²) in [6, 6.07) is 26.0. The van der Waals surface area contributed by atoms with Gasteiger partial charge >= 0.3 is 44.8 Å². The summed E-state index contributed by atoms with van der Waals surface area (Å²) in [5.41, 5.74) is 7.02. The highest BCUT2D eigenvalue weighted by Gasteiger charge is 2.57. The van der Waals surface area contributed by atoms with E-state index in [0.717, 1.165) is 58.3 Å². The van der Waals surface area contributed by atoms with Crippen molar-refractivity contribution in [2.75, 3.05) is 112 Å². The van der Waals surface area contributed by atoms with Crippen molar-refractivity contribution >= 4 is 68.2 Å². The smallest absolute Gasteiger partial charge is 0.377 e. The van der Waals surface area contributed by atoms with Gasteiger partial charge in [-0.2, -0.15) is 0 Å². The van der Waals surface area contributed by atoms with Crippen molar-refractivity contribution in [1.82, 2.24) is 0 Å². The van der Waals surface area contributed by atoms with Gasteiger partial charge in [0.05, 0.1) is 0 Å². The normalized spacial score (nSPS) is 12.2. The lowest BCUT2D eigenvalue weighted by molar-refractivity contribution is -0.0263. The lowest BCUT2D eigenvalue weighted by atomic mass is 10.0. The molecule has 0 saturated heterocycles. The largest absolute Gasteiger partial charge is 0.679 e. The Morgan fingerprint density at radius 2 is 0.659 bits per heavy atom. The van der Waals surface area contributed by atoms with E-state index >= 15 is 0 Å². The molecule has 0 unspecified atom stereocenters. The van der Waals surface area contributed by atoms with Crippen LogP contribution in [0.3, 0.4) is 0 Å². The minimum Gasteiger partial charge on any atom is -0.377 e. The Morgan fingerprint density at radius 1 is 0.390 bits per heavy atom. The highest BCUT2D eigenvalue weighted by Crippen LogP contribution is 2.52. The van der Waals surface area contributed by atoms with Crippen molar-refractivity contribution < 1.29 is 89.1 Å². The maximum atomic E-state index is 14.5. The first kappa shape index (κ1) is 76.9. The Morgan fingerprint density at radius 3 is 0.890 bits per heavy atom. The highest BCUT2D eigenvalue weighted by atomic mass is 31.2. The van der Waals surface area contributed by atoms with Crippen LogP contribution in [0.25, 0.3) is 0 Å². The molecule has 0 bridgehead atoms. The van der Waals surface area contributed by atoms with Gasteiger partial charge in [-0.05, 0) is 115 Å². The number of hydrogen-bond donors (Lipinski definition) is 0. The van der Waals surface area contributed by atoms with Crippen molar-refractivity contribution in [2.45, 2.75) is 94.2 Å². The molecule has 82 heavy (non-hydrogen) atoms. The molecule has 4 aromatic carbocycles. The zero-order chi connectivity index (χ0) is 62.4. The number of rotatable bonds is 33. The molecule has 0 atom stereocenters. The summed E-state index contributed by atoms with van der Waals surface area (Å²) >= 11 is 0. The topological polar surface area (TPSA) is 208 Å². The van der Waals surface area contributed by atoms with Crippen molar-refractivity contribution in [3.05, 3.63) is 134 Å². The quantitative estimate of drug-likeness (QED) is 0.0321. The van der Waals surface area contributed by atoms with Crippen LogP contribution < -0.4 is 5.30 Å². The van der Waals surface area contributed by atoms with E-state index in [1.54, 1.807) is 73.0 Å². The van der Waals surface area contributed by atoms with Crippen LogP contribution in [0, 0.1) is 41.5 Å². The van der Waals surface area contributed by atoms with Gasteiger partial charge in [-0.1, -0.05) is 90.0 Å². The molecule has 0 fully saturated rings. The lowest BCUT2D eigenvalue weighted by Crippen LogP contribution is -2.59. The maximum Gasteiger partial charge on any atom is 0.679 e. The van der Waals surface area contributed by atoms with E-state index in [1.165, 1.54) is 53.8 Å². The molecule has 0 aliphatic carbocycles. The van der Waals surface area contributed by atoms with E-state index in [-0.39, 0.29) is 5.30 Å². The van der Waals surface area contributed by atoms with E-state index in [9.17, 15) is 14.2 Å². The molecule has 0 aliphatic heterocycles. The van der Waals surface area contributed by atoms with Crippen LogP contribution in [0.1, 0.15) is 92.9 Å².